The lowest BCUT2D eigenvalue weighted by Gasteiger charge is -2.34. The lowest BCUT2D eigenvalue weighted by Crippen LogP contribution is -2.34. The molecule has 0 aromatic heterocycles. The summed E-state index contributed by atoms with van der Waals surface area (Å²) in [6.45, 7) is 10.2. The van der Waals surface area contributed by atoms with E-state index < -0.39 is 0 Å². The molecule has 0 unspecified atom stereocenters. The zero-order chi connectivity index (χ0) is 10.0. The van der Waals surface area contributed by atoms with Gasteiger partial charge in [0.1, 0.15) is 5.78 Å². The number of rotatable bonds is 2. The average Bonchev–Trinajstić information content (AvgIpc) is 2.02. The van der Waals surface area contributed by atoms with E-state index in [0.29, 0.717) is 23.5 Å². The summed E-state index contributed by atoms with van der Waals surface area (Å²) < 4.78 is 0. The van der Waals surface area contributed by atoms with E-state index in [9.17, 15) is 4.79 Å². The third-order valence-electron chi connectivity index (χ3n) is 3.25. The lowest BCUT2D eigenvalue weighted by atomic mass is 9.70. The molecule has 1 rings (SSSR count). The average molecular weight is 180 g/mol. The van der Waals surface area contributed by atoms with Crippen molar-refractivity contribution in [1.82, 2.24) is 0 Å². The molecule has 0 aliphatic heterocycles. The van der Waals surface area contributed by atoms with Crippen LogP contribution < -0.4 is 0 Å². The van der Waals surface area contributed by atoms with Crippen molar-refractivity contribution in [3.8, 4) is 0 Å². The van der Waals surface area contributed by atoms with E-state index in [1.54, 1.807) is 0 Å². The van der Waals surface area contributed by atoms with Crippen molar-refractivity contribution in [1.29, 1.82) is 0 Å². The Kier molecular flexibility index (Phi) is 3.29. The Morgan fingerprint density at radius 3 is 2.62 bits per heavy atom. The van der Waals surface area contributed by atoms with E-state index in [1.165, 1.54) is 6.42 Å². The molecule has 13 heavy (non-hydrogen) atoms. The Hall–Kier alpha value is -0.590. The highest BCUT2D eigenvalue weighted by Gasteiger charge is 2.34. The van der Waals surface area contributed by atoms with Crippen LogP contribution in [-0.2, 0) is 4.79 Å². The second-order valence-electron chi connectivity index (χ2n) is 4.61. The SMILES string of the molecule is C=C[C@H](C)[C@H]1C(=O)C[C@H](C)C[C@@H]1C. The number of carbonyl (C=O) groups is 1. The van der Waals surface area contributed by atoms with E-state index in [1.807, 2.05) is 6.08 Å². The Labute approximate surface area is 81.2 Å². The van der Waals surface area contributed by atoms with Crippen molar-refractivity contribution in [2.45, 2.75) is 33.6 Å². The van der Waals surface area contributed by atoms with Gasteiger partial charge in [0, 0.05) is 12.3 Å². The third kappa shape index (κ3) is 2.20. The summed E-state index contributed by atoms with van der Waals surface area (Å²) in [5.74, 6) is 2.13. The first-order chi connectivity index (χ1) is 6.06. The molecule has 1 saturated carbocycles. The largest absolute Gasteiger partial charge is 0.299 e. The van der Waals surface area contributed by atoms with Crippen LogP contribution in [0.25, 0.3) is 0 Å². The number of Topliss-reactive ketones (excluding diaryl/α,β-unsaturated/α-hetero) is 1. The highest BCUT2D eigenvalue weighted by molar-refractivity contribution is 5.82. The fourth-order valence-corrected chi connectivity index (χ4v) is 2.62. The summed E-state index contributed by atoms with van der Waals surface area (Å²) in [5.41, 5.74) is 0. The van der Waals surface area contributed by atoms with Crippen LogP contribution in [0.2, 0.25) is 0 Å². The highest BCUT2D eigenvalue weighted by Crippen LogP contribution is 2.35. The molecule has 1 nitrogen and oxygen atoms in total. The molecule has 1 aliphatic rings. The minimum Gasteiger partial charge on any atom is -0.299 e. The molecule has 0 saturated heterocycles. The maximum absolute atomic E-state index is 11.8. The van der Waals surface area contributed by atoms with Crippen LogP contribution in [0, 0.1) is 23.7 Å². The summed E-state index contributed by atoms with van der Waals surface area (Å²) >= 11 is 0. The normalized spacial score (nSPS) is 37.2. The molecule has 0 heterocycles. The fraction of sp³-hybridized carbons (Fsp3) is 0.750. The van der Waals surface area contributed by atoms with Crippen LogP contribution in [-0.4, -0.2) is 5.78 Å². The lowest BCUT2D eigenvalue weighted by molar-refractivity contribution is -0.129. The molecule has 74 valence electrons. The topological polar surface area (TPSA) is 17.1 Å². The molecule has 1 heteroatoms. The van der Waals surface area contributed by atoms with Crippen molar-refractivity contribution in [2.24, 2.45) is 23.7 Å². The number of hydrogen-bond donors (Lipinski definition) is 0. The van der Waals surface area contributed by atoms with Crippen LogP contribution in [0.3, 0.4) is 0 Å². The van der Waals surface area contributed by atoms with E-state index >= 15 is 0 Å². The van der Waals surface area contributed by atoms with Gasteiger partial charge >= 0.3 is 0 Å². The van der Waals surface area contributed by atoms with Crippen LogP contribution in [0.1, 0.15) is 33.6 Å². The molecule has 0 spiro atoms. The summed E-state index contributed by atoms with van der Waals surface area (Å²) in [7, 11) is 0. The van der Waals surface area contributed by atoms with Crippen LogP contribution in [0.4, 0.5) is 0 Å². The fourth-order valence-electron chi connectivity index (χ4n) is 2.62. The second-order valence-corrected chi connectivity index (χ2v) is 4.61. The predicted octanol–water partition coefficient (Wildman–Crippen LogP) is 3.06. The van der Waals surface area contributed by atoms with Gasteiger partial charge in [0.25, 0.3) is 0 Å². The van der Waals surface area contributed by atoms with Crippen LogP contribution in [0.5, 0.6) is 0 Å². The molecule has 1 fully saturated rings. The summed E-state index contributed by atoms with van der Waals surface area (Å²) in [6, 6.07) is 0. The molecule has 0 aromatic carbocycles. The standard InChI is InChI=1S/C12H20O/c1-5-9(3)12-10(4)6-8(2)7-11(12)13/h5,8-10,12H,1,6-7H2,2-4H3/t8-,9+,10+,12-/m1/s1. The van der Waals surface area contributed by atoms with Gasteiger partial charge in [-0.3, -0.25) is 4.79 Å². The summed E-state index contributed by atoms with van der Waals surface area (Å²) in [4.78, 5) is 11.8. The third-order valence-corrected chi connectivity index (χ3v) is 3.25. The van der Waals surface area contributed by atoms with Gasteiger partial charge in [0.05, 0.1) is 0 Å². The van der Waals surface area contributed by atoms with Crippen molar-refractivity contribution in [3.05, 3.63) is 12.7 Å². The van der Waals surface area contributed by atoms with Crippen molar-refractivity contribution < 1.29 is 4.79 Å². The molecule has 0 aromatic rings. The molecular formula is C12H20O. The number of allylic oxidation sites excluding steroid dienone is 1. The Bertz CT molecular complexity index is 207. The van der Waals surface area contributed by atoms with E-state index in [2.05, 4.69) is 27.4 Å². The van der Waals surface area contributed by atoms with Crippen LogP contribution >= 0.6 is 0 Å². The van der Waals surface area contributed by atoms with Crippen molar-refractivity contribution >= 4 is 5.78 Å². The first kappa shape index (κ1) is 10.5. The van der Waals surface area contributed by atoms with Gasteiger partial charge in [-0.25, -0.2) is 0 Å². The minimum absolute atomic E-state index is 0.230. The van der Waals surface area contributed by atoms with Gasteiger partial charge in [-0.15, -0.1) is 6.58 Å². The van der Waals surface area contributed by atoms with E-state index in [-0.39, 0.29) is 5.92 Å². The first-order valence-corrected chi connectivity index (χ1v) is 5.21. The minimum atomic E-state index is 0.230. The highest BCUT2D eigenvalue weighted by atomic mass is 16.1. The zero-order valence-electron chi connectivity index (χ0n) is 8.92. The maximum atomic E-state index is 11.8. The van der Waals surface area contributed by atoms with Crippen molar-refractivity contribution in [2.75, 3.05) is 0 Å². The molecule has 0 bridgehead atoms. The van der Waals surface area contributed by atoms with Gasteiger partial charge < -0.3 is 0 Å². The summed E-state index contributed by atoms with van der Waals surface area (Å²) in [5, 5.41) is 0. The van der Waals surface area contributed by atoms with Gasteiger partial charge in [0.2, 0.25) is 0 Å². The van der Waals surface area contributed by atoms with Gasteiger partial charge in [-0.05, 0) is 24.2 Å². The van der Waals surface area contributed by atoms with Crippen molar-refractivity contribution in [3.63, 3.8) is 0 Å². The Balaban J connectivity index is 2.72. The van der Waals surface area contributed by atoms with Gasteiger partial charge in [0.15, 0.2) is 0 Å². The molecule has 0 amide bonds. The Morgan fingerprint density at radius 2 is 2.15 bits per heavy atom. The molecule has 0 radical (unpaired) electrons. The quantitative estimate of drug-likeness (QED) is 0.597. The Morgan fingerprint density at radius 1 is 1.54 bits per heavy atom. The van der Waals surface area contributed by atoms with E-state index in [4.69, 9.17) is 0 Å². The smallest absolute Gasteiger partial charge is 0.137 e. The molecule has 0 N–H and O–H groups in total. The summed E-state index contributed by atoms with van der Waals surface area (Å²) in [6.07, 6.45) is 3.87. The number of carbonyl (C=O) groups excluding carboxylic acids is 1. The van der Waals surface area contributed by atoms with Gasteiger partial charge in [-0.1, -0.05) is 26.8 Å². The van der Waals surface area contributed by atoms with E-state index in [0.717, 1.165) is 6.42 Å². The molecule has 4 atom stereocenters. The second kappa shape index (κ2) is 4.08. The first-order valence-electron chi connectivity index (χ1n) is 5.21. The number of hydrogen-bond acceptors (Lipinski definition) is 1. The van der Waals surface area contributed by atoms with Crippen LogP contribution in [0.15, 0.2) is 12.7 Å². The van der Waals surface area contributed by atoms with Gasteiger partial charge in [-0.2, -0.15) is 0 Å². The number of ketones is 1. The maximum Gasteiger partial charge on any atom is 0.137 e. The monoisotopic (exact) mass is 180 g/mol. The predicted molar refractivity (Wildman–Crippen MR) is 55.4 cm³/mol. The molecular weight excluding hydrogens is 160 g/mol. The zero-order valence-corrected chi connectivity index (χ0v) is 8.92. The molecule has 1 aliphatic carbocycles.